The van der Waals surface area contributed by atoms with Gasteiger partial charge in [-0.25, -0.2) is 0 Å². The van der Waals surface area contributed by atoms with Gasteiger partial charge in [0, 0.05) is 45.3 Å². The van der Waals surface area contributed by atoms with Gasteiger partial charge >= 0.3 is 0 Å². The second kappa shape index (κ2) is 5.87. The standard InChI is InChI=1S/C14H29N3O/c1-12-8-16(6-7-17(12)9-13(2)18)11-14(3)4-5-15-10-14/h12-13,15,18H,4-11H2,1-3H3. The highest BCUT2D eigenvalue weighted by atomic mass is 16.3. The van der Waals surface area contributed by atoms with Gasteiger partial charge in [0.05, 0.1) is 6.10 Å². The normalized spacial score (nSPS) is 37.0. The molecule has 0 amide bonds. The molecule has 2 heterocycles. The van der Waals surface area contributed by atoms with Crippen LogP contribution in [0.15, 0.2) is 0 Å². The van der Waals surface area contributed by atoms with E-state index in [2.05, 4.69) is 29.0 Å². The fourth-order valence-corrected chi connectivity index (χ4v) is 3.37. The average molecular weight is 255 g/mol. The molecule has 3 unspecified atom stereocenters. The van der Waals surface area contributed by atoms with Gasteiger partial charge in [-0.1, -0.05) is 6.92 Å². The molecule has 2 aliphatic heterocycles. The molecule has 0 aromatic rings. The summed E-state index contributed by atoms with van der Waals surface area (Å²) in [7, 11) is 0. The number of rotatable bonds is 4. The second-order valence-corrected chi connectivity index (χ2v) is 6.67. The molecule has 106 valence electrons. The number of nitrogens with zero attached hydrogens (tertiary/aromatic N) is 2. The van der Waals surface area contributed by atoms with E-state index >= 15 is 0 Å². The topological polar surface area (TPSA) is 38.7 Å². The quantitative estimate of drug-likeness (QED) is 0.761. The predicted molar refractivity (Wildman–Crippen MR) is 74.7 cm³/mol. The van der Waals surface area contributed by atoms with E-state index in [4.69, 9.17) is 0 Å². The lowest BCUT2D eigenvalue weighted by molar-refractivity contribution is 0.0312. The molecule has 0 aromatic heterocycles. The second-order valence-electron chi connectivity index (χ2n) is 6.67. The smallest absolute Gasteiger partial charge is 0.0639 e. The summed E-state index contributed by atoms with van der Waals surface area (Å²) in [5.41, 5.74) is 0.464. The largest absolute Gasteiger partial charge is 0.392 e. The highest BCUT2D eigenvalue weighted by Gasteiger charge is 2.33. The lowest BCUT2D eigenvalue weighted by Crippen LogP contribution is -2.55. The van der Waals surface area contributed by atoms with Gasteiger partial charge in [0.25, 0.3) is 0 Å². The number of aliphatic hydroxyl groups excluding tert-OH is 1. The van der Waals surface area contributed by atoms with E-state index in [1.807, 2.05) is 6.92 Å². The van der Waals surface area contributed by atoms with Gasteiger partial charge in [-0.05, 0) is 32.2 Å². The van der Waals surface area contributed by atoms with Crippen LogP contribution in [0.1, 0.15) is 27.2 Å². The lowest BCUT2D eigenvalue weighted by Gasteiger charge is -2.43. The minimum absolute atomic E-state index is 0.212. The first-order chi connectivity index (χ1) is 8.48. The molecule has 0 radical (unpaired) electrons. The van der Waals surface area contributed by atoms with Crippen LogP contribution < -0.4 is 5.32 Å². The van der Waals surface area contributed by atoms with Gasteiger partial charge in [-0.2, -0.15) is 0 Å². The van der Waals surface area contributed by atoms with E-state index in [1.54, 1.807) is 0 Å². The molecule has 2 rings (SSSR count). The molecule has 2 N–H and O–H groups in total. The lowest BCUT2D eigenvalue weighted by atomic mass is 9.89. The molecular formula is C14H29N3O. The molecule has 0 aromatic carbocycles. The molecule has 2 saturated heterocycles. The van der Waals surface area contributed by atoms with Crippen molar-refractivity contribution in [3.05, 3.63) is 0 Å². The van der Waals surface area contributed by atoms with Gasteiger partial charge in [0.1, 0.15) is 0 Å². The van der Waals surface area contributed by atoms with E-state index < -0.39 is 0 Å². The highest BCUT2D eigenvalue weighted by Crippen LogP contribution is 2.26. The van der Waals surface area contributed by atoms with Crippen molar-refractivity contribution in [2.45, 2.75) is 39.3 Å². The molecule has 3 atom stereocenters. The van der Waals surface area contributed by atoms with Crippen LogP contribution in [-0.2, 0) is 0 Å². The zero-order chi connectivity index (χ0) is 13.2. The Morgan fingerprint density at radius 1 is 1.44 bits per heavy atom. The van der Waals surface area contributed by atoms with Gasteiger partial charge < -0.3 is 10.4 Å². The van der Waals surface area contributed by atoms with Crippen LogP contribution in [0.25, 0.3) is 0 Å². The number of β-amino-alcohol motifs (C(OH)–C–C–N with tert-alkyl or cyclic N) is 1. The third-order valence-corrected chi connectivity index (χ3v) is 4.41. The van der Waals surface area contributed by atoms with Crippen molar-refractivity contribution in [2.75, 3.05) is 45.8 Å². The van der Waals surface area contributed by atoms with Crippen LogP contribution >= 0.6 is 0 Å². The first-order valence-electron chi connectivity index (χ1n) is 7.34. The molecule has 2 fully saturated rings. The van der Waals surface area contributed by atoms with Gasteiger partial charge in [-0.15, -0.1) is 0 Å². The average Bonchev–Trinajstić information content (AvgIpc) is 2.68. The third kappa shape index (κ3) is 3.67. The molecular weight excluding hydrogens is 226 g/mol. The van der Waals surface area contributed by atoms with Crippen LogP contribution in [0, 0.1) is 5.41 Å². The molecule has 4 nitrogen and oxygen atoms in total. The summed E-state index contributed by atoms with van der Waals surface area (Å²) >= 11 is 0. The number of aliphatic hydroxyl groups is 1. The highest BCUT2D eigenvalue weighted by molar-refractivity contribution is 4.89. The van der Waals surface area contributed by atoms with Crippen LogP contribution in [0.3, 0.4) is 0 Å². The Balaban J connectivity index is 1.80. The molecule has 4 heteroatoms. The first kappa shape index (κ1) is 14.3. The van der Waals surface area contributed by atoms with Crippen molar-refractivity contribution in [2.24, 2.45) is 5.41 Å². The Bertz CT molecular complexity index is 264. The summed E-state index contributed by atoms with van der Waals surface area (Å²) in [4.78, 5) is 5.02. The van der Waals surface area contributed by atoms with E-state index in [0.717, 1.165) is 32.7 Å². The van der Waals surface area contributed by atoms with Gasteiger partial charge in [-0.3, -0.25) is 9.80 Å². The zero-order valence-electron chi connectivity index (χ0n) is 12.2. The third-order valence-electron chi connectivity index (χ3n) is 4.41. The van der Waals surface area contributed by atoms with Crippen LogP contribution in [-0.4, -0.2) is 72.9 Å². The summed E-state index contributed by atoms with van der Waals surface area (Å²) in [6.45, 7) is 14.3. The number of hydrogen-bond donors (Lipinski definition) is 2. The Morgan fingerprint density at radius 2 is 2.22 bits per heavy atom. The maximum atomic E-state index is 9.50. The minimum Gasteiger partial charge on any atom is -0.392 e. The fourth-order valence-electron chi connectivity index (χ4n) is 3.37. The number of piperazine rings is 1. The molecule has 0 aliphatic carbocycles. The van der Waals surface area contributed by atoms with Crippen molar-refractivity contribution in [3.63, 3.8) is 0 Å². The summed E-state index contributed by atoms with van der Waals surface area (Å²) in [5, 5.41) is 13.0. The minimum atomic E-state index is -0.212. The molecule has 0 spiro atoms. The van der Waals surface area contributed by atoms with Crippen molar-refractivity contribution in [1.82, 2.24) is 15.1 Å². The number of hydrogen-bond acceptors (Lipinski definition) is 4. The maximum absolute atomic E-state index is 9.50. The van der Waals surface area contributed by atoms with Crippen LogP contribution in [0.5, 0.6) is 0 Å². The van der Waals surface area contributed by atoms with Gasteiger partial charge in [0.2, 0.25) is 0 Å². The summed E-state index contributed by atoms with van der Waals surface area (Å²) in [6.07, 6.45) is 1.09. The molecule has 0 bridgehead atoms. The van der Waals surface area contributed by atoms with Crippen molar-refractivity contribution >= 4 is 0 Å². The molecule has 0 saturated carbocycles. The van der Waals surface area contributed by atoms with E-state index in [1.165, 1.54) is 19.5 Å². The molecule has 18 heavy (non-hydrogen) atoms. The zero-order valence-corrected chi connectivity index (χ0v) is 12.2. The SMILES string of the molecule is CC(O)CN1CCN(CC2(C)CCNC2)CC1C. The van der Waals surface area contributed by atoms with Crippen molar-refractivity contribution < 1.29 is 5.11 Å². The van der Waals surface area contributed by atoms with E-state index in [-0.39, 0.29) is 6.10 Å². The summed E-state index contributed by atoms with van der Waals surface area (Å²) in [6, 6.07) is 0.561. The van der Waals surface area contributed by atoms with E-state index in [9.17, 15) is 5.11 Å². The molecule has 2 aliphatic rings. The van der Waals surface area contributed by atoms with Gasteiger partial charge in [0.15, 0.2) is 0 Å². The monoisotopic (exact) mass is 255 g/mol. The van der Waals surface area contributed by atoms with Crippen molar-refractivity contribution in [1.29, 1.82) is 0 Å². The summed E-state index contributed by atoms with van der Waals surface area (Å²) < 4.78 is 0. The Morgan fingerprint density at radius 3 is 2.78 bits per heavy atom. The van der Waals surface area contributed by atoms with E-state index in [0.29, 0.717) is 11.5 Å². The Kier molecular flexibility index (Phi) is 4.64. The number of nitrogens with one attached hydrogen (secondary N) is 1. The Labute approximate surface area is 111 Å². The fraction of sp³-hybridized carbons (Fsp3) is 1.00. The maximum Gasteiger partial charge on any atom is 0.0639 e. The Hall–Kier alpha value is -0.160. The van der Waals surface area contributed by atoms with Crippen LogP contribution in [0.2, 0.25) is 0 Å². The summed E-state index contributed by atoms with van der Waals surface area (Å²) in [5.74, 6) is 0. The van der Waals surface area contributed by atoms with Crippen LogP contribution in [0.4, 0.5) is 0 Å². The van der Waals surface area contributed by atoms with Crippen molar-refractivity contribution in [3.8, 4) is 0 Å². The predicted octanol–water partition coefficient (Wildman–Crippen LogP) is 0.373. The first-order valence-corrected chi connectivity index (χ1v) is 7.34.